The Balaban J connectivity index is 1.63. The third kappa shape index (κ3) is 6.03. The van der Waals surface area contributed by atoms with Gasteiger partial charge in [-0.15, -0.1) is 0 Å². The van der Waals surface area contributed by atoms with Crippen LogP contribution in [0.1, 0.15) is 17.2 Å². The molecule has 0 aliphatic rings. The lowest BCUT2D eigenvalue weighted by atomic mass is 10.0. The molecule has 3 aromatic carbocycles. The number of benzene rings is 3. The molecule has 0 saturated carbocycles. The van der Waals surface area contributed by atoms with Crippen LogP contribution in [0.2, 0.25) is 0 Å². The normalized spacial score (nSPS) is 11.6. The minimum atomic E-state index is -0.426. The average molecular weight is 437 g/mol. The molecule has 162 valence electrons. The summed E-state index contributed by atoms with van der Waals surface area (Å²) in [6.45, 7) is 0.531. The van der Waals surface area contributed by atoms with Gasteiger partial charge in [0.15, 0.2) is 11.5 Å². The monoisotopic (exact) mass is 436 g/mol. The molecule has 0 aliphatic carbocycles. The van der Waals surface area contributed by atoms with Crippen molar-refractivity contribution in [2.75, 3.05) is 27.0 Å². The zero-order valence-corrected chi connectivity index (χ0v) is 18.9. The summed E-state index contributed by atoms with van der Waals surface area (Å²) in [6, 6.07) is 23.7. The molecule has 1 atom stereocenters. The molecule has 2 N–H and O–H groups in total. The van der Waals surface area contributed by atoms with Gasteiger partial charge in [-0.2, -0.15) is 0 Å². The van der Waals surface area contributed by atoms with E-state index in [9.17, 15) is 4.79 Å². The number of methoxy groups -OCH3 is 2. The highest BCUT2D eigenvalue weighted by Crippen LogP contribution is 2.27. The van der Waals surface area contributed by atoms with E-state index in [1.54, 1.807) is 14.2 Å². The van der Waals surface area contributed by atoms with Crippen LogP contribution in [0.4, 0.5) is 0 Å². The molecule has 0 saturated heterocycles. The van der Waals surface area contributed by atoms with Crippen LogP contribution >= 0.6 is 11.9 Å². The van der Waals surface area contributed by atoms with Crippen LogP contribution in [0.3, 0.4) is 0 Å². The fourth-order valence-corrected chi connectivity index (χ4v) is 3.84. The molecule has 0 heterocycles. The number of rotatable bonds is 10. The molecule has 0 fully saturated rings. The second-order valence-electron chi connectivity index (χ2n) is 6.97. The first-order chi connectivity index (χ1) is 15.2. The Labute approximate surface area is 188 Å². The van der Waals surface area contributed by atoms with Crippen LogP contribution in [0.5, 0.6) is 11.5 Å². The number of carbonyl (C=O) groups is 1. The van der Waals surface area contributed by atoms with Crippen molar-refractivity contribution in [3.63, 3.8) is 0 Å². The summed E-state index contributed by atoms with van der Waals surface area (Å²) in [5.41, 5.74) is 4.28. The molecule has 0 spiro atoms. The fraction of sp³-hybridized carbons (Fsp3) is 0.240. The summed E-state index contributed by atoms with van der Waals surface area (Å²) in [5, 5.41) is 3.04. The van der Waals surface area contributed by atoms with Gasteiger partial charge in [-0.05, 0) is 47.1 Å². The van der Waals surface area contributed by atoms with E-state index in [0.717, 1.165) is 22.3 Å². The number of hydrogen-bond donors (Lipinski definition) is 2. The molecular weight excluding hydrogens is 408 g/mol. The van der Waals surface area contributed by atoms with Crippen molar-refractivity contribution >= 4 is 17.9 Å². The maximum atomic E-state index is 12.9. The Kier molecular flexibility index (Phi) is 8.38. The maximum absolute atomic E-state index is 12.9. The lowest BCUT2D eigenvalue weighted by Crippen LogP contribution is -2.36. The van der Waals surface area contributed by atoms with Crippen LogP contribution in [0, 0.1) is 0 Å². The summed E-state index contributed by atoms with van der Waals surface area (Å²) in [4.78, 5) is 12.9. The van der Waals surface area contributed by atoms with Crippen molar-refractivity contribution in [3.05, 3.63) is 83.9 Å². The number of carbonyl (C=O) groups excluding carboxylic acids is 1. The van der Waals surface area contributed by atoms with Crippen LogP contribution in [-0.4, -0.2) is 32.9 Å². The van der Waals surface area contributed by atoms with Gasteiger partial charge in [-0.1, -0.05) is 72.6 Å². The van der Waals surface area contributed by atoms with Crippen molar-refractivity contribution < 1.29 is 14.3 Å². The third-order valence-electron chi connectivity index (χ3n) is 5.01. The quantitative estimate of drug-likeness (QED) is 0.454. The van der Waals surface area contributed by atoms with Crippen molar-refractivity contribution in [1.82, 2.24) is 10.0 Å². The fourth-order valence-electron chi connectivity index (χ4n) is 3.36. The third-order valence-corrected chi connectivity index (χ3v) is 5.48. The van der Waals surface area contributed by atoms with Gasteiger partial charge in [-0.25, -0.2) is 4.72 Å². The summed E-state index contributed by atoms with van der Waals surface area (Å²) in [6.07, 6.45) is 2.62. The molecule has 31 heavy (non-hydrogen) atoms. The van der Waals surface area contributed by atoms with Crippen LogP contribution < -0.4 is 19.5 Å². The summed E-state index contributed by atoms with van der Waals surface area (Å²) in [7, 11) is 3.23. The van der Waals surface area contributed by atoms with Crippen LogP contribution in [0.25, 0.3) is 11.1 Å². The Morgan fingerprint density at radius 3 is 2.23 bits per heavy atom. The molecule has 0 bridgehead atoms. The SMILES string of the molecule is COc1ccc(CCNC(=O)C(NSC)c2ccc(-c3ccccc3)cc2)cc1OC. The van der Waals surface area contributed by atoms with E-state index in [2.05, 4.69) is 34.3 Å². The van der Waals surface area contributed by atoms with Crippen molar-refractivity contribution in [2.24, 2.45) is 0 Å². The number of hydrogen-bond acceptors (Lipinski definition) is 5. The Morgan fingerprint density at radius 2 is 1.58 bits per heavy atom. The van der Waals surface area contributed by atoms with Crippen molar-refractivity contribution in [1.29, 1.82) is 0 Å². The first-order valence-corrected chi connectivity index (χ1v) is 11.3. The molecule has 1 amide bonds. The van der Waals surface area contributed by atoms with E-state index in [0.29, 0.717) is 24.5 Å². The zero-order chi connectivity index (χ0) is 22.1. The van der Waals surface area contributed by atoms with E-state index in [1.165, 1.54) is 11.9 Å². The molecule has 3 rings (SSSR count). The topological polar surface area (TPSA) is 59.6 Å². The largest absolute Gasteiger partial charge is 0.493 e. The molecule has 1 unspecified atom stereocenters. The van der Waals surface area contributed by atoms with Gasteiger partial charge in [0.1, 0.15) is 6.04 Å². The minimum absolute atomic E-state index is 0.0534. The summed E-state index contributed by atoms with van der Waals surface area (Å²) >= 11 is 1.43. The van der Waals surface area contributed by atoms with E-state index >= 15 is 0 Å². The molecule has 5 nitrogen and oxygen atoms in total. The molecule has 3 aromatic rings. The van der Waals surface area contributed by atoms with Crippen LogP contribution in [0.15, 0.2) is 72.8 Å². The maximum Gasteiger partial charge on any atom is 0.242 e. The first kappa shape index (κ1) is 22.7. The van der Waals surface area contributed by atoms with Gasteiger partial charge in [0, 0.05) is 6.54 Å². The number of nitrogens with one attached hydrogen (secondary N) is 2. The molecule has 0 aliphatic heterocycles. The Bertz CT molecular complexity index is 978. The van der Waals surface area contributed by atoms with Crippen molar-refractivity contribution in [2.45, 2.75) is 12.5 Å². The van der Waals surface area contributed by atoms with E-state index in [-0.39, 0.29) is 5.91 Å². The average Bonchev–Trinajstić information content (AvgIpc) is 2.83. The lowest BCUT2D eigenvalue weighted by molar-refractivity contribution is -0.122. The second kappa shape index (κ2) is 11.4. The van der Waals surface area contributed by atoms with Gasteiger partial charge in [0.2, 0.25) is 5.91 Å². The predicted molar refractivity (Wildman–Crippen MR) is 128 cm³/mol. The van der Waals surface area contributed by atoms with E-state index < -0.39 is 6.04 Å². The minimum Gasteiger partial charge on any atom is -0.493 e. The van der Waals surface area contributed by atoms with E-state index in [1.807, 2.05) is 54.8 Å². The van der Waals surface area contributed by atoms with Crippen molar-refractivity contribution in [3.8, 4) is 22.6 Å². The molecule has 6 heteroatoms. The van der Waals surface area contributed by atoms with E-state index in [4.69, 9.17) is 9.47 Å². The van der Waals surface area contributed by atoms with Gasteiger partial charge >= 0.3 is 0 Å². The molecule has 0 radical (unpaired) electrons. The van der Waals surface area contributed by atoms with Gasteiger partial charge in [0.25, 0.3) is 0 Å². The smallest absolute Gasteiger partial charge is 0.242 e. The molecular formula is C25H28N2O3S. The lowest BCUT2D eigenvalue weighted by Gasteiger charge is -2.18. The Hall–Kier alpha value is -2.96. The second-order valence-corrected chi connectivity index (χ2v) is 7.62. The summed E-state index contributed by atoms with van der Waals surface area (Å²) < 4.78 is 13.8. The van der Waals surface area contributed by atoms with Gasteiger partial charge in [-0.3, -0.25) is 4.79 Å². The van der Waals surface area contributed by atoms with Gasteiger partial charge < -0.3 is 14.8 Å². The number of amides is 1. The number of ether oxygens (including phenoxy) is 2. The highest BCUT2D eigenvalue weighted by Gasteiger charge is 2.19. The predicted octanol–water partition coefficient (Wildman–Crippen LogP) is 4.64. The molecule has 0 aromatic heterocycles. The highest BCUT2D eigenvalue weighted by atomic mass is 32.2. The first-order valence-electron chi connectivity index (χ1n) is 10.1. The zero-order valence-electron chi connectivity index (χ0n) is 18.1. The highest BCUT2D eigenvalue weighted by molar-refractivity contribution is 7.96. The van der Waals surface area contributed by atoms with Gasteiger partial charge in [0.05, 0.1) is 14.2 Å². The standard InChI is InChI=1S/C25H28N2O3S/c1-29-22-14-9-18(17-23(22)30-2)15-16-26-25(28)24(27-31-3)21-12-10-20(11-13-21)19-7-5-4-6-8-19/h4-14,17,24,27H,15-16H2,1-3H3,(H,26,28). The Morgan fingerprint density at radius 1 is 0.903 bits per heavy atom. The van der Waals surface area contributed by atoms with Crippen LogP contribution in [-0.2, 0) is 11.2 Å². The summed E-state index contributed by atoms with van der Waals surface area (Å²) in [5.74, 6) is 1.33.